The van der Waals surface area contributed by atoms with Crippen LogP contribution in [0.3, 0.4) is 0 Å². The lowest BCUT2D eigenvalue weighted by Crippen LogP contribution is -2.29. The second-order valence-electron chi connectivity index (χ2n) is 5.45. The number of para-hydroxylation sites is 1. The fourth-order valence-corrected chi connectivity index (χ4v) is 2.62. The molecule has 0 amide bonds. The van der Waals surface area contributed by atoms with Gasteiger partial charge in [-0.25, -0.2) is 4.99 Å². The highest BCUT2D eigenvalue weighted by molar-refractivity contribution is 6.30. The zero-order chi connectivity index (χ0) is 16.1. The van der Waals surface area contributed by atoms with E-state index in [1.54, 1.807) is 0 Å². The van der Waals surface area contributed by atoms with Gasteiger partial charge in [-0.1, -0.05) is 29.8 Å². The van der Waals surface area contributed by atoms with Crippen molar-refractivity contribution in [1.29, 1.82) is 0 Å². The van der Waals surface area contributed by atoms with Gasteiger partial charge in [-0.2, -0.15) is 4.99 Å². The minimum atomic E-state index is 0.447. The van der Waals surface area contributed by atoms with Crippen molar-refractivity contribution in [3.63, 3.8) is 0 Å². The summed E-state index contributed by atoms with van der Waals surface area (Å²) in [5.74, 6) is 1.12. The third-order valence-corrected chi connectivity index (χ3v) is 3.99. The number of benzene rings is 2. The zero-order valence-electron chi connectivity index (χ0n) is 12.8. The molecule has 1 aliphatic rings. The maximum atomic E-state index is 6.17. The quantitative estimate of drug-likeness (QED) is 0.673. The number of hydrogen-bond acceptors (Lipinski definition) is 1. The fraction of sp³-hybridized carbons (Fsp3) is 0.222. The summed E-state index contributed by atoms with van der Waals surface area (Å²) >= 11 is 5.92. The van der Waals surface area contributed by atoms with Crippen LogP contribution >= 0.6 is 11.6 Å². The van der Waals surface area contributed by atoms with Crippen molar-refractivity contribution in [3.8, 4) is 0 Å². The first kappa shape index (κ1) is 15.6. The third-order valence-electron chi connectivity index (χ3n) is 3.73. The Morgan fingerprint density at radius 1 is 0.957 bits per heavy atom. The van der Waals surface area contributed by atoms with Crippen LogP contribution in [-0.4, -0.2) is 29.8 Å². The zero-order valence-corrected chi connectivity index (χ0v) is 13.6. The van der Waals surface area contributed by atoms with Gasteiger partial charge in [-0.05, 0) is 49.2 Å². The molecule has 0 aromatic heterocycles. The second kappa shape index (κ2) is 7.29. The molecule has 4 nitrogen and oxygen atoms in total. The average molecular weight is 327 g/mol. The van der Waals surface area contributed by atoms with Crippen LogP contribution in [0.2, 0.25) is 5.02 Å². The molecule has 0 spiro atoms. The van der Waals surface area contributed by atoms with Crippen LogP contribution in [0.1, 0.15) is 18.4 Å². The largest absolute Gasteiger partial charge is 0.383 e. The first-order valence-corrected chi connectivity index (χ1v) is 8.09. The van der Waals surface area contributed by atoms with Gasteiger partial charge < -0.3 is 10.6 Å². The van der Waals surface area contributed by atoms with Gasteiger partial charge in [0.2, 0.25) is 5.96 Å². The minimum Gasteiger partial charge on any atom is -0.383 e. The van der Waals surface area contributed by atoms with E-state index in [0.717, 1.165) is 37.2 Å². The summed E-state index contributed by atoms with van der Waals surface area (Å²) in [6.45, 7) is 1.92. The van der Waals surface area contributed by atoms with Crippen molar-refractivity contribution in [2.75, 3.05) is 13.1 Å². The third kappa shape index (κ3) is 4.11. The number of likely N-dealkylation sites (tertiary alicyclic amines) is 1. The van der Waals surface area contributed by atoms with E-state index in [1.165, 1.54) is 0 Å². The Hall–Kier alpha value is -2.33. The highest BCUT2D eigenvalue weighted by atomic mass is 35.5. The van der Waals surface area contributed by atoms with Gasteiger partial charge >= 0.3 is 0 Å². The molecular weight excluding hydrogens is 308 g/mol. The van der Waals surface area contributed by atoms with Crippen LogP contribution in [0.5, 0.6) is 0 Å². The predicted octanol–water partition coefficient (Wildman–Crippen LogP) is 3.83. The molecule has 1 saturated heterocycles. The van der Waals surface area contributed by atoms with E-state index >= 15 is 0 Å². The van der Waals surface area contributed by atoms with E-state index in [0.29, 0.717) is 16.8 Å². The Balaban J connectivity index is 1.93. The lowest BCUT2D eigenvalue weighted by Gasteiger charge is -2.17. The van der Waals surface area contributed by atoms with E-state index < -0.39 is 0 Å². The van der Waals surface area contributed by atoms with E-state index in [1.807, 2.05) is 54.6 Å². The summed E-state index contributed by atoms with van der Waals surface area (Å²) in [4.78, 5) is 11.4. The van der Waals surface area contributed by atoms with Gasteiger partial charge in [-0.3, -0.25) is 0 Å². The van der Waals surface area contributed by atoms with E-state index in [-0.39, 0.29) is 0 Å². The number of hydrogen-bond donors (Lipinski definition) is 1. The molecule has 0 bridgehead atoms. The Morgan fingerprint density at radius 3 is 2.26 bits per heavy atom. The SMILES string of the molecule is N/C(=N\C(=Nc1ccccc1)N1CCCC1)c1ccc(Cl)cc1. The molecule has 0 aliphatic carbocycles. The number of rotatable bonds is 2. The van der Waals surface area contributed by atoms with Crippen LogP contribution in [0.4, 0.5) is 5.69 Å². The van der Waals surface area contributed by atoms with Gasteiger partial charge in [0.05, 0.1) is 5.69 Å². The van der Waals surface area contributed by atoms with Crippen LogP contribution in [0.25, 0.3) is 0 Å². The van der Waals surface area contributed by atoms with Crippen LogP contribution in [0.15, 0.2) is 64.6 Å². The molecule has 1 fully saturated rings. The number of halogens is 1. The molecule has 3 rings (SSSR count). The summed E-state index contributed by atoms with van der Waals surface area (Å²) in [6, 6.07) is 17.2. The molecule has 23 heavy (non-hydrogen) atoms. The monoisotopic (exact) mass is 326 g/mol. The van der Waals surface area contributed by atoms with Crippen molar-refractivity contribution >= 4 is 29.1 Å². The molecule has 2 aromatic rings. The van der Waals surface area contributed by atoms with Gasteiger partial charge in [0.15, 0.2) is 0 Å². The van der Waals surface area contributed by atoms with Gasteiger partial charge in [-0.15, -0.1) is 0 Å². The smallest absolute Gasteiger partial charge is 0.227 e. The number of guanidine groups is 1. The molecular formula is C18H19ClN4. The molecule has 0 atom stereocenters. The maximum Gasteiger partial charge on any atom is 0.227 e. The van der Waals surface area contributed by atoms with Gasteiger partial charge in [0, 0.05) is 23.7 Å². The summed E-state index contributed by atoms with van der Waals surface area (Å²) in [6.07, 6.45) is 2.31. The van der Waals surface area contributed by atoms with Crippen molar-refractivity contribution in [2.45, 2.75) is 12.8 Å². The molecule has 1 heterocycles. The van der Waals surface area contributed by atoms with Crippen molar-refractivity contribution in [1.82, 2.24) is 4.90 Å². The lowest BCUT2D eigenvalue weighted by molar-refractivity contribution is 0.514. The molecule has 1 aliphatic heterocycles. The molecule has 5 heteroatoms. The topological polar surface area (TPSA) is 54.0 Å². The lowest BCUT2D eigenvalue weighted by atomic mass is 10.2. The first-order valence-electron chi connectivity index (χ1n) is 7.71. The van der Waals surface area contributed by atoms with E-state index in [2.05, 4.69) is 14.9 Å². The van der Waals surface area contributed by atoms with Crippen molar-refractivity contribution in [2.24, 2.45) is 15.7 Å². The molecule has 0 radical (unpaired) electrons. The summed E-state index contributed by atoms with van der Waals surface area (Å²) in [5.41, 5.74) is 7.89. The predicted molar refractivity (Wildman–Crippen MR) is 96.5 cm³/mol. The highest BCUT2D eigenvalue weighted by Gasteiger charge is 2.16. The molecule has 118 valence electrons. The minimum absolute atomic E-state index is 0.447. The van der Waals surface area contributed by atoms with E-state index in [4.69, 9.17) is 17.3 Å². The molecule has 0 saturated carbocycles. The van der Waals surface area contributed by atoms with Crippen molar-refractivity contribution in [3.05, 3.63) is 65.2 Å². The van der Waals surface area contributed by atoms with Crippen LogP contribution < -0.4 is 5.73 Å². The summed E-state index contributed by atoms with van der Waals surface area (Å²) < 4.78 is 0. The average Bonchev–Trinajstić information content (AvgIpc) is 3.10. The summed E-state index contributed by atoms with van der Waals surface area (Å²) in [5, 5.41) is 0.680. The number of nitrogens with two attached hydrogens (primary N) is 1. The first-order chi connectivity index (χ1) is 11.2. The van der Waals surface area contributed by atoms with E-state index in [9.17, 15) is 0 Å². The van der Waals surface area contributed by atoms with Gasteiger partial charge in [0.1, 0.15) is 5.84 Å². The molecule has 2 N–H and O–H groups in total. The highest BCUT2D eigenvalue weighted by Crippen LogP contribution is 2.16. The number of amidine groups is 1. The maximum absolute atomic E-state index is 6.17. The van der Waals surface area contributed by atoms with Gasteiger partial charge in [0.25, 0.3) is 0 Å². The molecule has 2 aromatic carbocycles. The Bertz CT molecular complexity index is 702. The van der Waals surface area contributed by atoms with Crippen LogP contribution in [-0.2, 0) is 0 Å². The Kier molecular flexibility index (Phi) is 4.93. The normalized spacial score (nSPS) is 16.0. The Labute approximate surface area is 141 Å². The fourth-order valence-electron chi connectivity index (χ4n) is 2.49. The Morgan fingerprint density at radius 2 is 1.61 bits per heavy atom. The van der Waals surface area contributed by atoms with Crippen molar-refractivity contribution < 1.29 is 0 Å². The molecule has 0 unspecified atom stereocenters. The number of nitrogens with zero attached hydrogens (tertiary/aromatic N) is 3. The van der Waals surface area contributed by atoms with Crippen LogP contribution in [0, 0.1) is 0 Å². The second-order valence-corrected chi connectivity index (χ2v) is 5.88. The standard InChI is InChI=1S/C18H19ClN4/c19-15-10-8-14(9-11-15)17(20)22-18(23-12-4-5-13-23)21-16-6-2-1-3-7-16/h1-3,6-11H,4-5,12-13H2,(H2,20,21,22). The number of aliphatic imine (C=N–C) groups is 2. The summed E-state index contributed by atoms with van der Waals surface area (Å²) in [7, 11) is 0.